The van der Waals surface area contributed by atoms with Gasteiger partial charge in [0.2, 0.25) is 11.7 Å². The number of thiophene rings is 1. The molecule has 2 N–H and O–H groups in total. The maximum Gasteiger partial charge on any atom is 0.381 e. The van der Waals surface area contributed by atoms with Gasteiger partial charge in [0.1, 0.15) is 6.20 Å². The van der Waals surface area contributed by atoms with E-state index in [9.17, 15) is 19.7 Å². The summed E-state index contributed by atoms with van der Waals surface area (Å²) >= 11 is 1.49. The van der Waals surface area contributed by atoms with Gasteiger partial charge in [-0.1, -0.05) is 6.42 Å². The number of nitro groups is 1. The van der Waals surface area contributed by atoms with E-state index in [1.54, 1.807) is 6.92 Å². The lowest BCUT2D eigenvalue weighted by molar-refractivity contribution is -0.389. The average molecular weight is 391 g/mol. The van der Waals surface area contributed by atoms with Crippen LogP contribution in [0.25, 0.3) is 0 Å². The van der Waals surface area contributed by atoms with Gasteiger partial charge in [0.25, 0.3) is 5.91 Å². The minimum Gasteiger partial charge on any atom is -0.358 e. The van der Waals surface area contributed by atoms with E-state index in [1.807, 2.05) is 6.07 Å². The normalized spacial score (nSPS) is 13.5. The molecule has 0 unspecified atom stereocenters. The fourth-order valence-electron chi connectivity index (χ4n) is 3.06. The van der Waals surface area contributed by atoms with Crippen LogP contribution in [0, 0.1) is 17.0 Å². The number of amides is 2. The smallest absolute Gasteiger partial charge is 0.358 e. The Labute approximate surface area is 159 Å². The molecule has 27 heavy (non-hydrogen) atoms. The SMILES string of the molecule is Cc1nc([N+](=O)[O-])cn1CCC(=O)NNC(=O)c1cc2c(s1)CCCCC2. The highest BCUT2D eigenvalue weighted by Gasteiger charge is 2.18. The van der Waals surface area contributed by atoms with E-state index < -0.39 is 4.92 Å². The first-order valence-electron chi connectivity index (χ1n) is 8.83. The van der Waals surface area contributed by atoms with Gasteiger partial charge in [0.05, 0.1) is 4.88 Å². The summed E-state index contributed by atoms with van der Waals surface area (Å²) in [5.41, 5.74) is 6.07. The molecule has 0 fully saturated rings. The monoisotopic (exact) mass is 391 g/mol. The fraction of sp³-hybridized carbons (Fsp3) is 0.471. The molecule has 0 atom stereocenters. The number of hydrogen-bond acceptors (Lipinski definition) is 6. The van der Waals surface area contributed by atoms with Crippen LogP contribution >= 0.6 is 11.3 Å². The Balaban J connectivity index is 1.49. The van der Waals surface area contributed by atoms with Crippen molar-refractivity contribution < 1.29 is 14.5 Å². The van der Waals surface area contributed by atoms with Crippen molar-refractivity contribution in [3.8, 4) is 0 Å². The number of rotatable bonds is 5. The lowest BCUT2D eigenvalue weighted by Gasteiger charge is -2.06. The topological polar surface area (TPSA) is 119 Å². The van der Waals surface area contributed by atoms with Crippen molar-refractivity contribution in [2.45, 2.75) is 52.0 Å². The summed E-state index contributed by atoms with van der Waals surface area (Å²) in [6.07, 6.45) is 6.89. The molecular weight excluding hydrogens is 370 g/mol. The van der Waals surface area contributed by atoms with Gasteiger partial charge in [-0.25, -0.2) is 0 Å². The molecule has 0 aromatic carbocycles. The minimum absolute atomic E-state index is 0.0651. The van der Waals surface area contributed by atoms with Crippen molar-refractivity contribution >= 4 is 29.0 Å². The maximum atomic E-state index is 12.3. The summed E-state index contributed by atoms with van der Waals surface area (Å²) in [6.45, 7) is 1.87. The van der Waals surface area contributed by atoms with Crippen molar-refractivity contribution in [1.29, 1.82) is 0 Å². The standard InChI is InChI=1S/C17H21N5O4S/c1-11-18-15(22(25)26)10-21(11)8-7-16(23)19-20-17(24)14-9-12-5-3-2-4-6-13(12)27-14/h9-10H,2-8H2,1H3,(H,19,23)(H,20,24). The Hall–Kier alpha value is -2.75. The zero-order valence-electron chi connectivity index (χ0n) is 15.0. The average Bonchev–Trinajstić information content (AvgIpc) is 3.15. The van der Waals surface area contributed by atoms with Gasteiger partial charge in [0, 0.05) is 24.8 Å². The Morgan fingerprint density at radius 1 is 1.30 bits per heavy atom. The van der Waals surface area contributed by atoms with Gasteiger partial charge in [-0.3, -0.25) is 20.4 Å². The lowest BCUT2D eigenvalue weighted by atomic mass is 10.1. The van der Waals surface area contributed by atoms with Gasteiger partial charge >= 0.3 is 5.82 Å². The number of carbonyl (C=O) groups excluding carboxylic acids is 2. The van der Waals surface area contributed by atoms with Crippen LogP contribution in [0.2, 0.25) is 0 Å². The zero-order valence-corrected chi connectivity index (χ0v) is 15.8. The number of nitrogens with zero attached hydrogens (tertiary/aromatic N) is 3. The maximum absolute atomic E-state index is 12.3. The molecule has 1 aliphatic rings. The molecule has 2 aromatic heterocycles. The molecule has 0 saturated carbocycles. The van der Waals surface area contributed by atoms with Crippen molar-refractivity contribution in [2.24, 2.45) is 0 Å². The number of aromatic nitrogens is 2. The first kappa shape index (κ1) is 19.0. The summed E-state index contributed by atoms with van der Waals surface area (Å²) in [5.74, 6) is -0.495. The van der Waals surface area contributed by atoms with E-state index in [-0.39, 0.29) is 30.6 Å². The molecule has 2 heterocycles. The second-order valence-corrected chi connectivity index (χ2v) is 7.61. The van der Waals surface area contributed by atoms with Crippen molar-refractivity contribution in [2.75, 3.05) is 0 Å². The van der Waals surface area contributed by atoms with Crippen LogP contribution in [-0.4, -0.2) is 26.3 Å². The third kappa shape index (κ3) is 4.70. The summed E-state index contributed by atoms with van der Waals surface area (Å²) in [5, 5.41) is 10.7. The van der Waals surface area contributed by atoms with E-state index in [2.05, 4.69) is 15.8 Å². The van der Waals surface area contributed by atoms with Gasteiger partial charge in [-0.15, -0.1) is 11.3 Å². The molecular formula is C17H21N5O4S. The quantitative estimate of drug-likeness (QED) is 0.460. The molecule has 2 aromatic rings. The van der Waals surface area contributed by atoms with Gasteiger partial charge in [-0.05, 0) is 47.2 Å². The van der Waals surface area contributed by atoms with Crippen molar-refractivity contribution in [3.05, 3.63) is 43.5 Å². The molecule has 0 aliphatic heterocycles. The predicted molar refractivity (Wildman–Crippen MR) is 99.4 cm³/mol. The first-order chi connectivity index (χ1) is 12.9. The zero-order chi connectivity index (χ0) is 19.4. The number of hydrazine groups is 1. The first-order valence-corrected chi connectivity index (χ1v) is 9.64. The number of hydrogen-bond donors (Lipinski definition) is 2. The second kappa shape index (κ2) is 8.30. The number of aryl methyl sites for hydroxylation is 4. The van der Waals surface area contributed by atoms with Crippen LogP contribution in [0.5, 0.6) is 0 Å². The molecule has 9 nitrogen and oxygen atoms in total. The van der Waals surface area contributed by atoms with Crippen LogP contribution in [-0.2, 0) is 24.2 Å². The van der Waals surface area contributed by atoms with Crippen molar-refractivity contribution in [3.63, 3.8) is 0 Å². The van der Waals surface area contributed by atoms with E-state index in [0.29, 0.717) is 10.7 Å². The number of nitrogens with one attached hydrogen (secondary N) is 2. The van der Waals surface area contributed by atoms with Crippen LogP contribution in [0.3, 0.4) is 0 Å². The highest BCUT2D eigenvalue weighted by molar-refractivity contribution is 7.14. The summed E-state index contributed by atoms with van der Waals surface area (Å²) in [6, 6.07) is 1.92. The Kier molecular flexibility index (Phi) is 5.84. The number of imidazole rings is 1. The Morgan fingerprint density at radius 2 is 2.07 bits per heavy atom. The number of carbonyl (C=O) groups is 2. The molecule has 0 radical (unpaired) electrons. The lowest BCUT2D eigenvalue weighted by Crippen LogP contribution is -2.41. The van der Waals surface area contributed by atoms with Crippen LogP contribution in [0.15, 0.2) is 12.3 Å². The molecule has 3 rings (SSSR count). The van der Waals surface area contributed by atoms with E-state index in [1.165, 1.54) is 39.0 Å². The van der Waals surface area contributed by atoms with Crippen LogP contribution in [0.1, 0.15) is 51.6 Å². The molecule has 10 heteroatoms. The molecule has 0 spiro atoms. The summed E-state index contributed by atoms with van der Waals surface area (Å²) < 4.78 is 1.54. The predicted octanol–water partition coefficient (Wildman–Crippen LogP) is 2.28. The fourth-order valence-corrected chi connectivity index (χ4v) is 4.21. The van der Waals surface area contributed by atoms with Crippen LogP contribution in [0.4, 0.5) is 5.82 Å². The molecule has 1 aliphatic carbocycles. The van der Waals surface area contributed by atoms with Gasteiger partial charge < -0.3 is 14.7 Å². The van der Waals surface area contributed by atoms with E-state index >= 15 is 0 Å². The summed E-state index contributed by atoms with van der Waals surface area (Å²) in [4.78, 5) is 40.0. The summed E-state index contributed by atoms with van der Waals surface area (Å²) in [7, 11) is 0. The van der Waals surface area contributed by atoms with E-state index in [0.717, 1.165) is 25.7 Å². The van der Waals surface area contributed by atoms with Crippen LogP contribution < -0.4 is 10.9 Å². The molecule has 144 valence electrons. The third-order valence-corrected chi connectivity index (χ3v) is 5.75. The van der Waals surface area contributed by atoms with Crippen molar-refractivity contribution in [1.82, 2.24) is 20.4 Å². The Bertz CT molecular complexity index is 849. The third-order valence-electron chi connectivity index (χ3n) is 4.52. The van der Waals surface area contributed by atoms with Gasteiger partial charge in [-0.2, -0.15) is 0 Å². The highest BCUT2D eigenvalue weighted by atomic mass is 32.1. The van der Waals surface area contributed by atoms with Gasteiger partial charge in [0.15, 0.2) is 0 Å². The largest absolute Gasteiger partial charge is 0.381 e. The Morgan fingerprint density at radius 3 is 2.81 bits per heavy atom. The minimum atomic E-state index is -0.577. The molecule has 0 saturated heterocycles. The number of fused-ring (bicyclic) bond motifs is 1. The van der Waals surface area contributed by atoms with E-state index in [4.69, 9.17) is 0 Å². The molecule has 2 amide bonds. The highest BCUT2D eigenvalue weighted by Crippen LogP contribution is 2.28. The molecule has 0 bridgehead atoms. The second-order valence-electron chi connectivity index (χ2n) is 6.47.